The quantitative estimate of drug-likeness (QED) is 0.701. The molecule has 7 nitrogen and oxygen atoms in total. The fourth-order valence-electron chi connectivity index (χ4n) is 1.86. The first-order valence-corrected chi connectivity index (χ1v) is 4.91. The number of carbonyl (C=O) groups is 2. The number of Topliss-reactive ketones (excluding diaryl/α,β-unsaturated/α-hetero) is 1. The van der Waals surface area contributed by atoms with Gasteiger partial charge in [-0.1, -0.05) is 0 Å². The highest BCUT2D eigenvalue weighted by atomic mass is 16.2. The predicted octanol–water partition coefficient (Wildman–Crippen LogP) is 0.106. The first kappa shape index (κ1) is 9.64. The maximum atomic E-state index is 11.5. The molecule has 2 aromatic rings. The second-order valence-electron chi connectivity index (χ2n) is 3.67. The van der Waals surface area contributed by atoms with E-state index in [1.807, 2.05) is 0 Å². The second-order valence-corrected chi connectivity index (χ2v) is 3.67. The maximum Gasteiger partial charge on any atom is 0.296 e. The Bertz CT molecular complexity index is 632. The van der Waals surface area contributed by atoms with Gasteiger partial charge in [0.05, 0.1) is 16.9 Å². The number of hydrogen-bond acceptors (Lipinski definition) is 5. The zero-order chi connectivity index (χ0) is 12.0. The van der Waals surface area contributed by atoms with Gasteiger partial charge in [0.1, 0.15) is 6.33 Å². The van der Waals surface area contributed by atoms with Crippen LogP contribution in [0.5, 0.6) is 0 Å². The standard InChI is InChI=1S/C10H7N5O2/c1-5-7(15-4-11-13-14-15)3-2-6-8(5)12-10(17)9(6)16/h2-4H,1H3,(H,12,16,17). The van der Waals surface area contributed by atoms with Crippen molar-refractivity contribution >= 4 is 17.4 Å². The molecule has 3 rings (SSSR count). The van der Waals surface area contributed by atoms with Gasteiger partial charge in [0.25, 0.3) is 11.7 Å². The van der Waals surface area contributed by atoms with Crippen molar-refractivity contribution in [3.63, 3.8) is 0 Å². The van der Waals surface area contributed by atoms with Gasteiger partial charge in [-0.2, -0.15) is 0 Å². The highest BCUT2D eigenvalue weighted by Crippen LogP contribution is 2.30. The number of fused-ring (bicyclic) bond motifs is 1. The van der Waals surface area contributed by atoms with Crippen molar-refractivity contribution in [1.29, 1.82) is 0 Å². The molecule has 1 aromatic heterocycles. The summed E-state index contributed by atoms with van der Waals surface area (Å²) in [4.78, 5) is 22.8. The van der Waals surface area contributed by atoms with Crippen molar-refractivity contribution in [1.82, 2.24) is 20.2 Å². The van der Waals surface area contributed by atoms with E-state index in [1.54, 1.807) is 19.1 Å². The van der Waals surface area contributed by atoms with E-state index in [-0.39, 0.29) is 0 Å². The Hall–Kier alpha value is -2.57. The summed E-state index contributed by atoms with van der Waals surface area (Å²) in [5.41, 5.74) is 2.41. The van der Waals surface area contributed by atoms with Gasteiger partial charge in [-0.05, 0) is 35.0 Å². The molecule has 0 fully saturated rings. The van der Waals surface area contributed by atoms with Gasteiger partial charge >= 0.3 is 0 Å². The minimum absolute atomic E-state index is 0.393. The molecule has 1 aliphatic heterocycles. The molecule has 1 N–H and O–H groups in total. The van der Waals surface area contributed by atoms with Crippen molar-refractivity contribution in [2.24, 2.45) is 0 Å². The largest absolute Gasteiger partial charge is 0.318 e. The summed E-state index contributed by atoms with van der Waals surface area (Å²) in [6.45, 7) is 1.80. The van der Waals surface area contributed by atoms with E-state index in [9.17, 15) is 9.59 Å². The lowest BCUT2D eigenvalue weighted by molar-refractivity contribution is -0.112. The number of ketones is 1. The molecule has 84 valence electrons. The van der Waals surface area contributed by atoms with Crippen LogP contribution in [-0.4, -0.2) is 31.9 Å². The zero-order valence-electron chi connectivity index (χ0n) is 8.84. The fourth-order valence-corrected chi connectivity index (χ4v) is 1.86. The highest BCUT2D eigenvalue weighted by molar-refractivity contribution is 6.51. The van der Waals surface area contributed by atoms with E-state index >= 15 is 0 Å². The van der Waals surface area contributed by atoms with Crippen molar-refractivity contribution in [3.8, 4) is 5.69 Å². The number of nitrogens with zero attached hydrogens (tertiary/aromatic N) is 4. The third kappa shape index (κ3) is 1.25. The molecule has 7 heteroatoms. The van der Waals surface area contributed by atoms with E-state index < -0.39 is 11.7 Å². The van der Waals surface area contributed by atoms with Crippen molar-refractivity contribution < 1.29 is 9.59 Å². The molecule has 2 heterocycles. The summed E-state index contributed by atoms with van der Waals surface area (Å²) in [5, 5.41) is 13.4. The number of carbonyl (C=O) groups excluding carboxylic acids is 2. The Balaban J connectivity index is 2.22. The molecule has 0 spiro atoms. The summed E-state index contributed by atoms with van der Waals surface area (Å²) in [5.74, 6) is -1.11. The van der Waals surface area contributed by atoms with Crippen LogP contribution in [0.15, 0.2) is 18.5 Å². The second kappa shape index (κ2) is 3.21. The summed E-state index contributed by atoms with van der Waals surface area (Å²) in [6, 6.07) is 3.31. The van der Waals surface area contributed by atoms with Crippen LogP contribution in [0.25, 0.3) is 5.69 Å². The van der Waals surface area contributed by atoms with Gasteiger partial charge in [-0.15, -0.1) is 5.10 Å². The lowest BCUT2D eigenvalue weighted by atomic mass is 10.1. The number of anilines is 1. The molecular weight excluding hydrogens is 222 g/mol. The predicted molar refractivity (Wildman–Crippen MR) is 56.9 cm³/mol. The molecule has 17 heavy (non-hydrogen) atoms. The topological polar surface area (TPSA) is 89.8 Å². The number of hydrogen-bond donors (Lipinski definition) is 1. The average molecular weight is 229 g/mol. The fraction of sp³-hybridized carbons (Fsp3) is 0.100. The van der Waals surface area contributed by atoms with Crippen LogP contribution in [0.2, 0.25) is 0 Å². The Morgan fingerprint density at radius 3 is 2.82 bits per heavy atom. The van der Waals surface area contributed by atoms with Crippen LogP contribution in [0.3, 0.4) is 0 Å². The first-order chi connectivity index (χ1) is 8.18. The minimum atomic E-state index is -0.600. The Kier molecular flexibility index (Phi) is 1.82. The zero-order valence-corrected chi connectivity index (χ0v) is 8.84. The van der Waals surface area contributed by atoms with E-state index in [2.05, 4.69) is 20.8 Å². The molecule has 0 radical (unpaired) electrons. The van der Waals surface area contributed by atoms with Gasteiger partial charge in [0, 0.05) is 0 Å². The lowest BCUT2D eigenvalue weighted by Crippen LogP contribution is -2.12. The van der Waals surface area contributed by atoms with Crippen LogP contribution in [-0.2, 0) is 4.79 Å². The van der Waals surface area contributed by atoms with Crippen LogP contribution in [0, 0.1) is 6.92 Å². The van der Waals surface area contributed by atoms with Crippen molar-refractivity contribution in [2.75, 3.05) is 5.32 Å². The van der Waals surface area contributed by atoms with Crippen molar-refractivity contribution in [2.45, 2.75) is 6.92 Å². The van der Waals surface area contributed by atoms with E-state index in [0.29, 0.717) is 11.3 Å². The smallest absolute Gasteiger partial charge is 0.296 e. The summed E-state index contributed by atoms with van der Waals surface area (Å²) in [7, 11) is 0. The minimum Gasteiger partial charge on any atom is -0.318 e. The maximum absolute atomic E-state index is 11.5. The molecule has 0 aliphatic carbocycles. The summed E-state index contributed by atoms with van der Waals surface area (Å²) in [6.07, 6.45) is 1.45. The van der Waals surface area contributed by atoms with Gasteiger partial charge < -0.3 is 5.32 Å². The van der Waals surface area contributed by atoms with Gasteiger partial charge in [-0.25, -0.2) is 4.68 Å². The lowest BCUT2D eigenvalue weighted by Gasteiger charge is -2.08. The number of aromatic nitrogens is 4. The third-order valence-electron chi connectivity index (χ3n) is 2.72. The van der Waals surface area contributed by atoms with Gasteiger partial charge in [-0.3, -0.25) is 9.59 Å². The molecular formula is C10H7N5O2. The number of benzene rings is 1. The van der Waals surface area contributed by atoms with Crippen LogP contribution in [0.1, 0.15) is 15.9 Å². The monoisotopic (exact) mass is 229 g/mol. The summed E-state index contributed by atoms with van der Waals surface area (Å²) >= 11 is 0. The Labute approximate surface area is 95.4 Å². The van der Waals surface area contributed by atoms with Crippen molar-refractivity contribution in [3.05, 3.63) is 29.6 Å². The molecule has 0 saturated carbocycles. The molecule has 1 aromatic carbocycles. The number of tetrazole rings is 1. The van der Waals surface area contributed by atoms with Gasteiger partial charge in [0.15, 0.2) is 0 Å². The molecule has 0 atom stereocenters. The highest BCUT2D eigenvalue weighted by Gasteiger charge is 2.30. The number of amides is 1. The molecule has 0 saturated heterocycles. The SMILES string of the molecule is Cc1c(-n2cnnn2)ccc2c1NC(=O)C2=O. The molecule has 0 bridgehead atoms. The summed E-state index contributed by atoms with van der Waals surface area (Å²) < 4.78 is 1.48. The normalized spacial score (nSPS) is 13.7. The number of rotatable bonds is 1. The Morgan fingerprint density at radius 2 is 2.12 bits per heavy atom. The first-order valence-electron chi connectivity index (χ1n) is 4.91. The van der Waals surface area contributed by atoms with Crippen LogP contribution in [0.4, 0.5) is 5.69 Å². The number of nitrogens with one attached hydrogen (secondary N) is 1. The van der Waals surface area contributed by atoms with E-state index in [0.717, 1.165) is 11.3 Å². The van der Waals surface area contributed by atoms with Crippen LogP contribution < -0.4 is 5.32 Å². The Morgan fingerprint density at radius 1 is 1.29 bits per heavy atom. The van der Waals surface area contributed by atoms with Gasteiger partial charge in [0.2, 0.25) is 0 Å². The van der Waals surface area contributed by atoms with E-state index in [1.165, 1.54) is 11.0 Å². The van der Waals surface area contributed by atoms with E-state index in [4.69, 9.17) is 0 Å². The average Bonchev–Trinajstić information content (AvgIpc) is 2.92. The molecule has 1 amide bonds. The molecule has 1 aliphatic rings. The third-order valence-corrected chi connectivity index (χ3v) is 2.72. The molecule has 0 unspecified atom stereocenters. The van der Waals surface area contributed by atoms with Crippen LogP contribution >= 0.6 is 0 Å².